The first-order valence-electron chi connectivity index (χ1n) is 6.28. The van der Waals surface area contributed by atoms with E-state index in [4.69, 9.17) is 0 Å². The molecule has 0 aromatic carbocycles. The molecule has 1 nitrogen and oxygen atoms in total. The van der Waals surface area contributed by atoms with Crippen LogP contribution in [-0.2, 0) is 0 Å². The van der Waals surface area contributed by atoms with E-state index >= 15 is 0 Å². The van der Waals surface area contributed by atoms with Crippen molar-refractivity contribution in [1.29, 1.82) is 0 Å². The summed E-state index contributed by atoms with van der Waals surface area (Å²) in [4.78, 5) is 2.33. The smallest absolute Gasteiger partial charge is 0.0149 e. The van der Waals surface area contributed by atoms with E-state index in [1.807, 2.05) is 0 Å². The van der Waals surface area contributed by atoms with Crippen LogP contribution in [0.5, 0.6) is 0 Å². The molecule has 90 valence electrons. The highest BCUT2D eigenvalue weighted by atomic mass is 15.1. The van der Waals surface area contributed by atoms with Crippen LogP contribution < -0.4 is 0 Å². The molecule has 0 N–H and O–H groups in total. The van der Waals surface area contributed by atoms with Gasteiger partial charge < -0.3 is 4.90 Å². The van der Waals surface area contributed by atoms with Crippen molar-refractivity contribution in [1.82, 2.24) is 4.90 Å². The highest BCUT2D eigenvalue weighted by Gasteiger charge is 2.28. The second-order valence-corrected chi connectivity index (χ2v) is 5.10. The monoisotopic (exact) mass is 211 g/mol. The quantitative estimate of drug-likeness (QED) is 0.453. The summed E-state index contributed by atoms with van der Waals surface area (Å²) >= 11 is 0. The Morgan fingerprint density at radius 2 is 1.87 bits per heavy atom. The van der Waals surface area contributed by atoms with E-state index in [2.05, 4.69) is 58.8 Å². The maximum atomic E-state index is 2.38. The van der Waals surface area contributed by atoms with Crippen molar-refractivity contribution in [3.63, 3.8) is 0 Å². The van der Waals surface area contributed by atoms with E-state index in [-0.39, 0.29) is 0 Å². The first-order valence-corrected chi connectivity index (χ1v) is 6.28. The second-order valence-electron chi connectivity index (χ2n) is 5.10. The van der Waals surface area contributed by atoms with Crippen LogP contribution in [0.15, 0.2) is 12.2 Å². The number of rotatable bonds is 7. The summed E-state index contributed by atoms with van der Waals surface area (Å²) in [6, 6.07) is 0.602. The lowest BCUT2D eigenvalue weighted by atomic mass is 9.77. The Bertz CT molecular complexity index is 184. The predicted molar refractivity (Wildman–Crippen MR) is 70.2 cm³/mol. The van der Waals surface area contributed by atoms with Gasteiger partial charge in [-0.25, -0.2) is 0 Å². The van der Waals surface area contributed by atoms with E-state index in [0.29, 0.717) is 11.5 Å². The molecule has 0 saturated carbocycles. The summed E-state index contributed by atoms with van der Waals surface area (Å²) in [6.07, 6.45) is 9.88. The summed E-state index contributed by atoms with van der Waals surface area (Å²) in [7, 11) is 4.35. The van der Waals surface area contributed by atoms with Crippen molar-refractivity contribution < 1.29 is 0 Å². The van der Waals surface area contributed by atoms with Crippen molar-refractivity contribution in [3.05, 3.63) is 12.2 Å². The molecule has 0 aromatic heterocycles. The molecule has 0 saturated heterocycles. The number of nitrogens with zero attached hydrogens (tertiary/aromatic N) is 1. The lowest BCUT2D eigenvalue weighted by Gasteiger charge is -2.37. The number of unbranched alkanes of at least 4 members (excludes halogenated alkanes) is 2. The van der Waals surface area contributed by atoms with E-state index in [9.17, 15) is 0 Å². The topological polar surface area (TPSA) is 3.24 Å². The molecule has 2 unspecified atom stereocenters. The fourth-order valence-electron chi connectivity index (χ4n) is 2.16. The Kier molecular flexibility index (Phi) is 6.91. The van der Waals surface area contributed by atoms with Crippen LogP contribution in [0.1, 0.15) is 53.4 Å². The maximum absolute atomic E-state index is 2.38. The lowest BCUT2D eigenvalue weighted by Crippen LogP contribution is -2.39. The van der Waals surface area contributed by atoms with E-state index in [1.54, 1.807) is 0 Å². The summed E-state index contributed by atoms with van der Waals surface area (Å²) < 4.78 is 0. The van der Waals surface area contributed by atoms with Gasteiger partial charge in [0.2, 0.25) is 0 Å². The molecule has 0 aliphatic carbocycles. The van der Waals surface area contributed by atoms with Crippen LogP contribution in [0, 0.1) is 5.41 Å². The highest BCUT2D eigenvalue weighted by Crippen LogP contribution is 2.32. The summed E-state index contributed by atoms with van der Waals surface area (Å²) in [5.74, 6) is 0. The predicted octanol–water partition coefficient (Wildman–Crippen LogP) is 4.10. The standard InChI is InChI=1S/C14H29N/c1-7-9-10-12-14(4,11-8-2)13(3)15(5)6/h8,11,13H,7,9-10,12H2,1-6H3. The molecule has 0 rings (SSSR count). The molecule has 0 amide bonds. The maximum Gasteiger partial charge on any atom is 0.0149 e. The Balaban J connectivity index is 4.43. The Labute approximate surface area is 96.6 Å². The van der Waals surface area contributed by atoms with Gasteiger partial charge in [0.25, 0.3) is 0 Å². The fourth-order valence-corrected chi connectivity index (χ4v) is 2.16. The van der Waals surface area contributed by atoms with Gasteiger partial charge in [0.05, 0.1) is 0 Å². The SMILES string of the molecule is CC=CC(C)(CCCCC)C(C)N(C)C. The van der Waals surface area contributed by atoms with E-state index < -0.39 is 0 Å². The van der Waals surface area contributed by atoms with Gasteiger partial charge in [0.15, 0.2) is 0 Å². The van der Waals surface area contributed by atoms with E-state index in [1.165, 1.54) is 25.7 Å². The molecular formula is C14H29N. The number of hydrogen-bond acceptors (Lipinski definition) is 1. The molecule has 0 aliphatic heterocycles. The zero-order valence-corrected chi connectivity index (χ0v) is 11.5. The molecule has 1 heteroatoms. The molecule has 15 heavy (non-hydrogen) atoms. The Hall–Kier alpha value is -0.300. The van der Waals surface area contributed by atoms with Gasteiger partial charge in [-0.2, -0.15) is 0 Å². The van der Waals surface area contributed by atoms with Crippen molar-refractivity contribution in [2.75, 3.05) is 14.1 Å². The van der Waals surface area contributed by atoms with Crippen LogP contribution >= 0.6 is 0 Å². The molecule has 0 fully saturated rings. The normalized spacial score (nSPS) is 18.3. The second kappa shape index (κ2) is 7.05. The molecule has 0 aliphatic rings. The summed E-state index contributed by atoms with van der Waals surface area (Å²) in [6.45, 7) is 9.10. The van der Waals surface area contributed by atoms with Gasteiger partial charge in [-0.05, 0) is 34.4 Å². The van der Waals surface area contributed by atoms with Gasteiger partial charge in [-0.1, -0.05) is 45.3 Å². The number of hydrogen-bond donors (Lipinski definition) is 0. The average Bonchev–Trinajstić information content (AvgIpc) is 2.17. The van der Waals surface area contributed by atoms with Gasteiger partial charge >= 0.3 is 0 Å². The van der Waals surface area contributed by atoms with Crippen LogP contribution in [0.25, 0.3) is 0 Å². The largest absolute Gasteiger partial charge is 0.306 e. The Morgan fingerprint density at radius 3 is 2.27 bits per heavy atom. The zero-order valence-electron chi connectivity index (χ0n) is 11.5. The van der Waals surface area contributed by atoms with Gasteiger partial charge in [-0.3, -0.25) is 0 Å². The third kappa shape index (κ3) is 4.83. The minimum Gasteiger partial charge on any atom is -0.306 e. The van der Waals surface area contributed by atoms with Crippen molar-refractivity contribution in [2.24, 2.45) is 5.41 Å². The van der Waals surface area contributed by atoms with E-state index in [0.717, 1.165) is 0 Å². The molecule has 0 heterocycles. The van der Waals surface area contributed by atoms with Crippen molar-refractivity contribution in [2.45, 2.75) is 59.4 Å². The molecule has 0 spiro atoms. The van der Waals surface area contributed by atoms with Crippen LogP contribution in [0.3, 0.4) is 0 Å². The fraction of sp³-hybridized carbons (Fsp3) is 0.857. The lowest BCUT2D eigenvalue weighted by molar-refractivity contribution is 0.164. The third-order valence-corrected chi connectivity index (χ3v) is 3.60. The van der Waals surface area contributed by atoms with Crippen LogP contribution in [0.2, 0.25) is 0 Å². The van der Waals surface area contributed by atoms with Gasteiger partial charge in [0.1, 0.15) is 0 Å². The van der Waals surface area contributed by atoms with Gasteiger partial charge in [0, 0.05) is 11.5 Å². The molecule has 0 bridgehead atoms. The molecule has 0 aromatic rings. The van der Waals surface area contributed by atoms with Crippen molar-refractivity contribution in [3.8, 4) is 0 Å². The molecule has 2 atom stereocenters. The highest BCUT2D eigenvalue weighted by molar-refractivity contribution is 5.01. The van der Waals surface area contributed by atoms with Crippen LogP contribution in [-0.4, -0.2) is 25.0 Å². The first-order chi connectivity index (χ1) is 6.98. The zero-order chi connectivity index (χ0) is 11.9. The number of allylic oxidation sites excluding steroid dienone is 1. The average molecular weight is 211 g/mol. The van der Waals surface area contributed by atoms with Gasteiger partial charge in [-0.15, -0.1) is 0 Å². The minimum atomic E-state index is 0.327. The van der Waals surface area contributed by atoms with Crippen molar-refractivity contribution >= 4 is 0 Å². The Morgan fingerprint density at radius 1 is 1.27 bits per heavy atom. The summed E-state index contributed by atoms with van der Waals surface area (Å²) in [5, 5.41) is 0. The summed E-state index contributed by atoms with van der Waals surface area (Å²) in [5.41, 5.74) is 0.327. The first kappa shape index (κ1) is 14.7. The molecule has 0 radical (unpaired) electrons. The molecular weight excluding hydrogens is 182 g/mol. The van der Waals surface area contributed by atoms with Crippen LogP contribution in [0.4, 0.5) is 0 Å². The third-order valence-electron chi connectivity index (χ3n) is 3.60. The minimum absolute atomic E-state index is 0.327.